The lowest BCUT2D eigenvalue weighted by atomic mass is 10.3. The summed E-state index contributed by atoms with van der Waals surface area (Å²) in [5.74, 6) is -0.637. The summed E-state index contributed by atoms with van der Waals surface area (Å²) in [6.45, 7) is 15.1. The maximum atomic E-state index is 5.69. The minimum Gasteiger partial charge on any atom is -0.329 e. The molecule has 0 radical (unpaired) electrons. The summed E-state index contributed by atoms with van der Waals surface area (Å²) >= 11 is 0. The molecule has 2 rings (SSSR count). The lowest BCUT2D eigenvalue weighted by molar-refractivity contribution is -0.0270. The highest BCUT2D eigenvalue weighted by Crippen LogP contribution is 2.01. The number of hydrazine groups is 1. The van der Waals surface area contributed by atoms with Crippen LogP contribution in [0.5, 0.6) is 0 Å². The van der Waals surface area contributed by atoms with E-state index in [9.17, 15) is 0 Å². The van der Waals surface area contributed by atoms with Crippen molar-refractivity contribution >= 4 is 0 Å². The van der Waals surface area contributed by atoms with Gasteiger partial charge in [0.1, 0.15) is 5.79 Å². The Labute approximate surface area is 135 Å². The van der Waals surface area contributed by atoms with Crippen molar-refractivity contribution in [3.8, 4) is 0 Å². The van der Waals surface area contributed by atoms with Gasteiger partial charge in [0, 0.05) is 72.0 Å². The summed E-state index contributed by atoms with van der Waals surface area (Å²) in [7, 11) is 0. The average Bonchev–Trinajstić information content (AvgIpc) is 2.54. The van der Waals surface area contributed by atoms with Crippen LogP contribution in [0.3, 0.4) is 0 Å². The molecule has 0 atom stereocenters. The molecule has 2 saturated heterocycles. The molecule has 2 aliphatic heterocycles. The zero-order chi connectivity index (χ0) is 16.4. The van der Waals surface area contributed by atoms with Crippen LogP contribution in [0.4, 0.5) is 0 Å². The van der Waals surface area contributed by atoms with Crippen LogP contribution < -0.4 is 27.8 Å². The second kappa shape index (κ2) is 10.5. The van der Waals surface area contributed by atoms with E-state index in [-0.39, 0.29) is 0 Å². The third kappa shape index (κ3) is 7.30. The fraction of sp³-hybridized carbons (Fsp3) is 1.00. The normalized spacial score (nSPS) is 21.5. The molecule has 0 bridgehead atoms. The molecule has 0 aromatic heterocycles. The number of nitrogens with zero attached hydrogens (tertiary/aromatic N) is 3. The molecule has 8 heteroatoms. The van der Waals surface area contributed by atoms with Gasteiger partial charge < -0.3 is 27.8 Å². The smallest absolute Gasteiger partial charge is 0.118 e. The van der Waals surface area contributed by atoms with Crippen molar-refractivity contribution in [3.05, 3.63) is 0 Å². The van der Waals surface area contributed by atoms with Crippen molar-refractivity contribution in [2.24, 2.45) is 17.2 Å². The number of hydrogen-bond donors (Lipinski definition) is 5. The first-order valence-electron chi connectivity index (χ1n) is 8.43. The minimum absolute atomic E-state index is 0.637. The molecule has 2 fully saturated rings. The third-order valence-electron chi connectivity index (χ3n) is 4.04. The molecule has 22 heavy (non-hydrogen) atoms. The maximum absolute atomic E-state index is 5.69. The summed E-state index contributed by atoms with van der Waals surface area (Å²) in [6.07, 6.45) is 0. The van der Waals surface area contributed by atoms with Crippen molar-refractivity contribution in [1.82, 2.24) is 25.6 Å². The van der Waals surface area contributed by atoms with E-state index < -0.39 is 5.79 Å². The van der Waals surface area contributed by atoms with E-state index in [0.29, 0.717) is 0 Å². The van der Waals surface area contributed by atoms with Gasteiger partial charge in [-0.25, -0.2) is 10.0 Å². The largest absolute Gasteiger partial charge is 0.329 e. The fourth-order valence-electron chi connectivity index (χ4n) is 2.73. The van der Waals surface area contributed by atoms with Crippen LogP contribution in [0, 0.1) is 0 Å². The van der Waals surface area contributed by atoms with Crippen molar-refractivity contribution in [2.45, 2.75) is 19.6 Å². The number of rotatable bonds is 5. The van der Waals surface area contributed by atoms with Crippen LogP contribution in [0.25, 0.3) is 0 Å². The van der Waals surface area contributed by atoms with E-state index >= 15 is 0 Å². The Bertz CT molecular complexity index is 266. The quantitative estimate of drug-likeness (QED) is 0.356. The Morgan fingerprint density at radius 2 is 1.50 bits per heavy atom. The summed E-state index contributed by atoms with van der Waals surface area (Å²) in [5.41, 5.74) is 16.9. The second-order valence-corrected chi connectivity index (χ2v) is 6.00. The molecule has 0 amide bonds. The number of hydrogen-bond acceptors (Lipinski definition) is 8. The Morgan fingerprint density at radius 1 is 1.00 bits per heavy atom. The minimum atomic E-state index is -0.637. The lowest BCUT2D eigenvalue weighted by Crippen LogP contribution is -2.64. The number of piperazine rings is 2. The third-order valence-corrected chi connectivity index (χ3v) is 4.04. The van der Waals surface area contributed by atoms with Crippen LogP contribution in [-0.2, 0) is 0 Å². The van der Waals surface area contributed by atoms with E-state index in [0.717, 1.165) is 72.0 Å². The van der Waals surface area contributed by atoms with Gasteiger partial charge in [0.05, 0.1) is 0 Å². The van der Waals surface area contributed by atoms with E-state index in [1.807, 2.05) is 6.92 Å². The molecular weight excluding hydrogens is 280 g/mol. The van der Waals surface area contributed by atoms with Crippen molar-refractivity contribution < 1.29 is 0 Å². The van der Waals surface area contributed by atoms with Crippen LogP contribution in [-0.4, -0.2) is 92.7 Å². The molecule has 0 aliphatic carbocycles. The van der Waals surface area contributed by atoms with E-state index in [1.165, 1.54) is 0 Å². The summed E-state index contributed by atoms with van der Waals surface area (Å²) < 4.78 is 0. The van der Waals surface area contributed by atoms with Gasteiger partial charge in [0.25, 0.3) is 0 Å². The summed E-state index contributed by atoms with van der Waals surface area (Å²) in [6, 6.07) is 0. The predicted molar refractivity (Wildman–Crippen MR) is 92.0 cm³/mol. The SMILES string of the molecule is CC(N)(N)N1CCNCC1.CCN(CCN)N1CCNCC1. The molecule has 132 valence electrons. The maximum Gasteiger partial charge on any atom is 0.118 e. The topological polar surface area (TPSA) is 112 Å². The van der Waals surface area contributed by atoms with Gasteiger partial charge in [-0.2, -0.15) is 0 Å². The van der Waals surface area contributed by atoms with Crippen LogP contribution in [0.15, 0.2) is 0 Å². The standard InChI is InChI=1S/C8H20N4.C6H16N4/c1-2-11(6-3-9)12-7-4-10-5-8-12;1-6(7,8)10-4-2-9-3-5-10/h10H,2-9H2,1H3;9H,2-5,7-8H2,1H3. The van der Waals surface area contributed by atoms with E-state index in [1.54, 1.807) is 0 Å². The van der Waals surface area contributed by atoms with Gasteiger partial charge >= 0.3 is 0 Å². The van der Waals surface area contributed by atoms with Crippen molar-refractivity contribution in [1.29, 1.82) is 0 Å². The van der Waals surface area contributed by atoms with Crippen molar-refractivity contribution in [3.63, 3.8) is 0 Å². The Balaban J connectivity index is 0.000000224. The Kier molecular flexibility index (Phi) is 9.37. The van der Waals surface area contributed by atoms with Crippen molar-refractivity contribution in [2.75, 3.05) is 72.0 Å². The van der Waals surface area contributed by atoms with E-state index in [2.05, 4.69) is 32.5 Å². The van der Waals surface area contributed by atoms with Gasteiger partial charge in [-0.05, 0) is 6.92 Å². The number of nitrogens with one attached hydrogen (secondary N) is 2. The first-order chi connectivity index (χ1) is 10.5. The second-order valence-electron chi connectivity index (χ2n) is 6.00. The molecule has 0 aromatic carbocycles. The van der Waals surface area contributed by atoms with Crippen LogP contribution in [0.2, 0.25) is 0 Å². The highest BCUT2D eigenvalue weighted by Gasteiger charge is 2.23. The first-order valence-corrected chi connectivity index (χ1v) is 8.43. The molecule has 0 unspecified atom stereocenters. The zero-order valence-electron chi connectivity index (χ0n) is 14.4. The average molecular weight is 316 g/mol. The van der Waals surface area contributed by atoms with Crippen LogP contribution in [0.1, 0.15) is 13.8 Å². The molecular formula is C14H36N8. The molecule has 0 spiro atoms. The fourth-order valence-corrected chi connectivity index (χ4v) is 2.73. The summed E-state index contributed by atoms with van der Waals surface area (Å²) in [4.78, 5) is 2.07. The lowest BCUT2D eigenvalue weighted by Gasteiger charge is -2.37. The summed E-state index contributed by atoms with van der Waals surface area (Å²) in [5, 5.41) is 11.3. The molecule has 0 aromatic rings. The van der Waals surface area contributed by atoms with Gasteiger partial charge in [-0.3, -0.25) is 4.90 Å². The first kappa shape index (κ1) is 19.7. The molecule has 8 N–H and O–H groups in total. The monoisotopic (exact) mass is 316 g/mol. The van der Waals surface area contributed by atoms with Crippen LogP contribution >= 0.6 is 0 Å². The highest BCUT2D eigenvalue weighted by atomic mass is 15.6. The number of likely N-dealkylation sites (N-methyl/N-ethyl adjacent to an activating group) is 1. The molecule has 0 saturated carbocycles. The Morgan fingerprint density at radius 3 is 1.86 bits per heavy atom. The van der Waals surface area contributed by atoms with E-state index in [4.69, 9.17) is 17.2 Å². The van der Waals surface area contributed by atoms with Gasteiger partial charge in [-0.1, -0.05) is 6.92 Å². The Hall–Kier alpha value is -0.320. The van der Waals surface area contributed by atoms with Gasteiger partial charge in [0.15, 0.2) is 0 Å². The van der Waals surface area contributed by atoms with Gasteiger partial charge in [0.2, 0.25) is 0 Å². The highest BCUT2D eigenvalue weighted by molar-refractivity contribution is 4.77. The molecule has 2 heterocycles. The number of nitrogens with two attached hydrogens (primary N) is 3. The zero-order valence-corrected chi connectivity index (χ0v) is 14.4. The molecule has 2 aliphatic rings. The molecule has 8 nitrogen and oxygen atoms in total. The van der Waals surface area contributed by atoms with Gasteiger partial charge in [-0.15, -0.1) is 0 Å². The predicted octanol–water partition coefficient (Wildman–Crippen LogP) is -2.43.